The maximum atomic E-state index is 5.81. The van der Waals surface area contributed by atoms with Crippen LogP contribution in [-0.4, -0.2) is 36.3 Å². The highest BCUT2D eigenvalue weighted by Crippen LogP contribution is 2.25. The molecule has 4 heteroatoms. The molecule has 2 aliphatic rings. The third-order valence-electron chi connectivity index (χ3n) is 3.81. The summed E-state index contributed by atoms with van der Waals surface area (Å²) >= 11 is 0. The molecule has 1 saturated carbocycles. The van der Waals surface area contributed by atoms with Gasteiger partial charge < -0.3 is 15.0 Å². The third-order valence-corrected chi connectivity index (χ3v) is 3.81. The summed E-state index contributed by atoms with van der Waals surface area (Å²) in [4.78, 5) is 6.72. The number of hydrogen-bond donors (Lipinski definition) is 1. The van der Waals surface area contributed by atoms with Gasteiger partial charge in [-0.05, 0) is 38.3 Å². The predicted octanol–water partition coefficient (Wildman–Crippen LogP) is 1.95. The number of morpholine rings is 1. The molecule has 1 aliphatic heterocycles. The second kappa shape index (κ2) is 5.47. The fourth-order valence-corrected chi connectivity index (χ4v) is 2.77. The van der Waals surface area contributed by atoms with Crippen LogP contribution < -0.4 is 10.2 Å². The zero-order valence-electron chi connectivity index (χ0n) is 11.8. The zero-order valence-corrected chi connectivity index (χ0v) is 11.8. The van der Waals surface area contributed by atoms with Gasteiger partial charge in [0.1, 0.15) is 0 Å². The molecule has 1 aromatic heterocycles. The van der Waals surface area contributed by atoms with Crippen LogP contribution >= 0.6 is 0 Å². The molecule has 1 aromatic rings. The molecule has 1 saturated heterocycles. The monoisotopic (exact) mass is 261 g/mol. The summed E-state index contributed by atoms with van der Waals surface area (Å²) in [6.07, 6.45) is 7.11. The van der Waals surface area contributed by atoms with Gasteiger partial charge in [0.2, 0.25) is 0 Å². The van der Waals surface area contributed by atoms with Crippen LogP contribution in [0.5, 0.6) is 0 Å². The lowest BCUT2D eigenvalue weighted by Gasteiger charge is -2.37. The predicted molar refractivity (Wildman–Crippen MR) is 76.3 cm³/mol. The smallest absolute Gasteiger partial charge is 0.0726 e. The second-order valence-electron chi connectivity index (χ2n) is 5.82. The fraction of sp³-hybridized carbons (Fsp3) is 0.667. The largest absolute Gasteiger partial charge is 0.372 e. The van der Waals surface area contributed by atoms with Gasteiger partial charge in [-0.2, -0.15) is 0 Å². The molecule has 19 heavy (non-hydrogen) atoms. The molecule has 2 atom stereocenters. The van der Waals surface area contributed by atoms with Crippen molar-refractivity contribution in [1.29, 1.82) is 0 Å². The maximum Gasteiger partial charge on any atom is 0.0726 e. The van der Waals surface area contributed by atoms with Crippen LogP contribution in [0.15, 0.2) is 18.5 Å². The van der Waals surface area contributed by atoms with Crippen LogP contribution in [0, 0.1) is 0 Å². The van der Waals surface area contributed by atoms with E-state index in [9.17, 15) is 0 Å². The summed E-state index contributed by atoms with van der Waals surface area (Å²) in [6.45, 7) is 7.13. The molecule has 4 nitrogen and oxygen atoms in total. The lowest BCUT2D eigenvalue weighted by atomic mass is 10.1. The Labute approximate surface area is 115 Å². The molecule has 0 spiro atoms. The van der Waals surface area contributed by atoms with E-state index in [0.29, 0.717) is 0 Å². The van der Waals surface area contributed by atoms with Crippen molar-refractivity contribution in [3.63, 3.8) is 0 Å². The molecule has 2 heterocycles. The van der Waals surface area contributed by atoms with E-state index in [-0.39, 0.29) is 12.2 Å². The average molecular weight is 261 g/mol. The molecular weight excluding hydrogens is 238 g/mol. The minimum absolute atomic E-state index is 0.285. The van der Waals surface area contributed by atoms with Gasteiger partial charge in [-0.3, -0.25) is 4.98 Å². The summed E-state index contributed by atoms with van der Waals surface area (Å²) in [5, 5.41) is 3.59. The molecule has 0 radical (unpaired) electrons. The summed E-state index contributed by atoms with van der Waals surface area (Å²) < 4.78 is 5.81. The lowest BCUT2D eigenvalue weighted by Crippen LogP contribution is -2.46. The minimum Gasteiger partial charge on any atom is -0.372 e. The van der Waals surface area contributed by atoms with Crippen molar-refractivity contribution in [1.82, 2.24) is 10.3 Å². The molecule has 2 unspecified atom stereocenters. The summed E-state index contributed by atoms with van der Waals surface area (Å²) in [6, 6.07) is 2.87. The topological polar surface area (TPSA) is 37.4 Å². The second-order valence-corrected chi connectivity index (χ2v) is 5.82. The van der Waals surface area contributed by atoms with E-state index < -0.39 is 0 Å². The first-order valence-corrected chi connectivity index (χ1v) is 7.29. The summed E-state index contributed by atoms with van der Waals surface area (Å²) in [5.41, 5.74) is 2.61. The Morgan fingerprint density at radius 2 is 2.05 bits per heavy atom. The number of pyridine rings is 1. The molecule has 2 fully saturated rings. The highest BCUT2D eigenvalue weighted by molar-refractivity contribution is 5.52. The van der Waals surface area contributed by atoms with Crippen molar-refractivity contribution in [3.8, 4) is 0 Å². The van der Waals surface area contributed by atoms with Crippen LogP contribution in [0.2, 0.25) is 0 Å². The lowest BCUT2D eigenvalue weighted by molar-refractivity contribution is -0.00528. The van der Waals surface area contributed by atoms with Crippen molar-refractivity contribution in [3.05, 3.63) is 24.0 Å². The van der Waals surface area contributed by atoms with E-state index in [1.165, 1.54) is 24.1 Å². The standard InChI is InChI=1S/C15H23N3O/c1-11-9-18(10-12(2)19-11)15-8-16-6-5-13(15)7-17-14-3-4-14/h5-6,8,11-12,14,17H,3-4,7,9-10H2,1-2H3. The van der Waals surface area contributed by atoms with Gasteiger partial charge in [-0.15, -0.1) is 0 Å². The van der Waals surface area contributed by atoms with Gasteiger partial charge in [0.15, 0.2) is 0 Å². The van der Waals surface area contributed by atoms with E-state index in [2.05, 4.69) is 35.1 Å². The normalized spacial score (nSPS) is 27.6. The van der Waals surface area contributed by atoms with Crippen molar-refractivity contribution in [2.75, 3.05) is 18.0 Å². The SMILES string of the molecule is CC1CN(c2cnccc2CNC2CC2)CC(C)O1. The molecule has 1 N–H and O–H groups in total. The summed E-state index contributed by atoms with van der Waals surface area (Å²) in [5.74, 6) is 0. The Bertz CT molecular complexity index is 423. The Hall–Kier alpha value is -1.13. The Morgan fingerprint density at radius 1 is 1.32 bits per heavy atom. The van der Waals surface area contributed by atoms with E-state index in [0.717, 1.165) is 25.7 Å². The molecular formula is C15H23N3O. The Morgan fingerprint density at radius 3 is 2.74 bits per heavy atom. The number of aromatic nitrogens is 1. The number of anilines is 1. The van der Waals surface area contributed by atoms with Crippen LogP contribution in [0.1, 0.15) is 32.3 Å². The molecule has 0 bridgehead atoms. The molecule has 1 aliphatic carbocycles. The first-order chi connectivity index (χ1) is 9.22. The van der Waals surface area contributed by atoms with Crippen molar-refractivity contribution in [2.24, 2.45) is 0 Å². The quantitative estimate of drug-likeness (QED) is 0.899. The molecule has 104 valence electrons. The number of nitrogens with zero attached hydrogens (tertiary/aromatic N) is 2. The van der Waals surface area contributed by atoms with Crippen molar-refractivity contribution in [2.45, 2.75) is 51.5 Å². The van der Waals surface area contributed by atoms with E-state index in [4.69, 9.17) is 4.74 Å². The highest BCUT2D eigenvalue weighted by Gasteiger charge is 2.25. The van der Waals surface area contributed by atoms with E-state index >= 15 is 0 Å². The van der Waals surface area contributed by atoms with Gasteiger partial charge >= 0.3 is 0 Å². The van der Waals surface area contributed by atoms with Gasteiger partial charge in [0, 0.05) is 31.9 Å². The number of ether oxygens (including phenoxy) is 1. The molecule has 0 aromatic carbocycles. The maximum absolute atomic E-state index is 5.81. The third kappa shape index (κ3) is 3.25. The highest BCUT2D eigenvalue weighted by atomic mass is 16.5. The summed E-state index contributed by atoms with van der Waals surface area (Å²) in [7, 11) is 0. The van der Waals surface area contributed by atoms with Crippen LogP contribution in [0.4, 0.5) is 5.69 Å². The number of nitrogens with one attached hydrogen (secondary N) is 1. The number of hydrogen-bond acceptors (Lipinski definition) is 4. The van der Waals surface area contributed by atoms with E-state index in [1.807, 2.05) is 12.4 Å². The molecule has 3 rings (SSSR count). The van der Waals surface area contributed by atoms with Crippen LogP contribution in [0.25, 0.3) is 0 Å². The van der Waals surface area contributed by atoms with Gasteiger partial charge in [0.25, 0.3) is 0 Å². The van der Waals surface area contributed by atoms with Crippen LogP contribution in [-0.2, 0) is 11.3 Å². The van der Waals surface area contributed by atoms with Crippen molar-refractivity contribution >= 4 is 5.69 Å². The first kappa shape index (κ1) is 12.9. The van der Waals surface area contributed by atoms with Crippen molar-refractivity contribution < 1.29 is 4.74 Å². The van der Waals surface area contributed by atoms with E-state index in [1.54, 1.807) is 0 Å². The molecule has 0 amide bonds. The van der Waals surface area contributed by atoms with Gasteiger partial charge in [-0.25, -0.2) is 0 Å². The van der Waals surface area contributed by atoms with Gasteiger partial charge in [-0.1, -0.05) is 0 Å². The minimum atomic E-state index is 0.285. The number of rotatable bonds is 4. The fourth-order valence-electron chi connectivity index (χ4n) is 2.77. The Balaban J connectivity index is 1.74. The zero-order chi connectivity index (χ0) is 13.2. The van der Waals surface area contributed by atoms with Gasteiger partial charge in [0.05, 0.1) is 24.1 Å². The first-order valence-electron chi connectivity index (χ1n) is 7.29. The van der Waals surface area contributed by atoms with Crippen LogP contribution in [0.3, 0.4) is 0 Å². The Kier molecular flexibility index (Phi) is 3.71. The average Bonchev–Trinajstić information content (AvgIpc) is 3.19.